The predicted molar refractivity (Wildman–Crippen MR) is 109 cm³/mol. The molecule has 4 rings (SSSR count). The lowest BCUT2D eigenvalue weighted by Gasteiger charge is -2.44. The van der Waals surface area contributed by atoms with E-state index in [1.807, 2.05) is 0 Å². The number of hydrogen-bond acceptors (Lipinski definition) is 5. The molecule has 0 bridgehead atoms. The Morgan fingerprint density at radius 3 is 2.48 bits per heavy atom. The van der Waals surface area contributed by atoms with Crippen LogP contribution in [0.2, 0.25) is 0 Å². The number of nitrogens with one attached hydrogen (secondary N) is 2. The lowest BCUT2D eigenvalue weighted by atomic mass is 9.80. The Morgan fingerprint density at radius 1 is 1.16 bits per heavy atom. The number of Topliss-reactive ketones (excluding diaryl/α,β-unsaturated/α-hetero) is 1. The van der Waals surface area contributed by atoms with Gasteiger partial charge in [0.05, 0.1) is 4.88 Å². The molecule has 11 heteroatoms. The lowest BCUT2D eigenvalue weighted by molar-refractivity contribution is -0.287. The van der Waals surface area contributed by atoms with Crippen molar-refractivity contribution in [1.29, 1.82) is 0 Å². The van der Waals surface area contributed by atoms with Gasteiger partial charge in [-0.1, -0.05) is 34.1 Å². The zero-order chi connectivity index (χ0) is 22.4. The Labute approximate surface area is 186 Å². The Hall–Kier alpha value is -2.63. The third kappa shape index (κ3) is 3.88. The van der Waals surface area contributed by atoms with E-state index in [0.29, 0.717) is 11.3 Å². The van der Waals surface area contributed by atoms with Crippen LogP contribution in [0.15, 0.2) is 62.8 Å². The van der Waals surface area contributed by atoms with Gasteiger partial charge in [0, 0.05) is 10.0 Å². The van der Waals surface area contributed by atoms with Crippen LogP contribution in [-0.2, 0) is 0 Å². The summed E-state index contributed by atoms with van der Waals surface area (Å²) in [5.74, 6) is -2.86. The van der Waals surface area contributed by atoms with Crippen LogP contribution in [0.3, 0.4) is 0 Å². The van der Waals surface area contributed by atoms with Crippen molar-refractivity contribution in [2.45, 2.75) is 17.9 Å². The maximum atomic E-state index is 13.9. The number of rotatable bonds is 4. The molecule has 3 atom stereocenters. The van der Waals surface area contributed by atoms with Gasteiger partial charge < -0.3 is 20.2 Å². The number of amides is 2. The number of halogens is 4. The molecule has 1 fully saturated rings. The number of carbonyl (C=O) groups is 2. The highest BCUT2D eigenvalue weighted by molar-refractivity contribution is 9.10. The molecule has 0 saturated carbocycles. The van der Waals surface area contributed by atoms with Crippen LogP contribution in [-0.4, -0.2) is 28.8 Å². The van der Waals surface area contributed by atoms with E-state index in [1.165, 1.54) is 35.0 Å². The molecule has 1 saturated heterocycles. The summed E-state index contributed by atoms with van der Waals surface area (Å²) >= 11 is 4.24. The zero-order valence-electron chi connectivity index (χ0n) is 15.4. The molecule has 31 heavy (non-hydrogen) atoms. The second-order valence-electron chi connectivity index (χ2n) is 6.87. The zero-order valence-corrected chi connectivity index (χ0v) is 17.8. The van der Waals surface area contributed by atoms with Crippen LogP contribution in [0.25, 0.3) is 11.3 Å². The van der Waals surface area contributed by atoms with Crippen LogP contribution < -0.4 is 10.6 Å². The topological polar surface area (TPSA) is 91.6 Å². The van der Waals surface area contributed by atoms with Crippen LogP contribution in [0.1, 0.15) is 21.5 Å². The third-order valence-electron chi connectivity index (χ3n) is 4.91. The van der Waals surface area contributed by atoms with E-state index in [4.69, 9.17) is 4.42 Å². The fourth-order valence-corrected chi connectivity index (χ4v) is 4.41. The van der Waals surface area contributed by atoms with Gasteiger partial charge in [-0.2, -0.15) is 13.2 Å². The fraction of sp³-hybridized carbons (Fsp3) is 0.200. The summed E-state index contributed by atoms with van der Waals surface area (Å²) in [6.45, 7) is 0. The lowest BCUT2D eigenvalue weighted by Crippen LogP contribution is -2.72. The summed E-state index contributed by atoms with van der Waals surface area (Å²) < 4.78 is 48.2. The molecular weight excluding hydrogens is 501 g/mol. The number of benzene rings is 1. The van der Waals surface area contributed by atoms with Gasteiger partial charge in [0.1, 0.15) is 23.5 Å². The van der Waals surface area contributed by atoms with Crippen molar-refractivity contribution in [3.05, 3.63) is 69.0 Å². The van der Waals surface area contributed by atoms with E-state index in [0.717, 1.165) is 15.8 Å². The summed E-state index contributed by atoms with van der Waals surface area (Å²) in [5.41, 5.74) is -3.15. The van der Waals surface area contributed by atoms with Crippen molar-refractivity contribution >= 4 is 39.1 Å². The first-order valence-corrected chi connectivity index (χ1v) is 10.6. The van der Waals surface area contributed by atoms with E-state index in [-0.39, 0.29) is 10.6 Å². The number of thiophene rings is 1. The Morgan fingerprint density at radius 2 is 1.87 bits per heavy atom. The molecule has 3 aromatic rings. The van der Waals surface area contributed by atoms with Gasteiger partial charge in [-0.3, -0.25) is 4.79 Å². The highest BCUT2D eigenvalue weighted by Crippen LogP contribution is 2.45. The molecule has 0 radical (unpaired) electrons. The van der Waals surface area contributed by atoms with E-state index in [2.05, 4.69) is 21.2 Å². The summed E-state index contributed by atoms with van der Waals surface area (Å²) in [6.07, 6.45) is -5.32. The minimum absolute atomic E-state index is 0.00955. The summed E-state index contributed by atoms with van der Waals surface area (Å²) in [4.78, 5) is 25.1. The summed E-state index contributed by atoms with van der Waals surface area (Å²) in [5, 5.41) is 15.9. The Balaban J connectivity index is 1.79. The summed E-state index contributed by atoms with van der Waals surface area (Å²) in [6, 6.07) is 9.90. The van der Waals surface area contributed by atoms with Crippen molar-refractivity contribution < 1.29 is 32.3 Å². The molecule has 1 aliphatic heterocycles. The fourth-order valence-electron chi connectivity index (χ4n) is 3.44. The van der Waals surface area contributed by atoms with Crippen LogP contribution in [0.4, 0.5) is 18.0 Å². The summed E-state index contributed by atoms with van der Waals surface area (Å²) in [7, 11) is 0. The smallest absolute Gasteiger partial charge is 0.437 e. The molecule has 0 unspecified atom stereocenters. The Kier molecular flexibility index (Phi) is 5.44. The first-order valence-electron chi connectivity index (χ1n) is 8.91. The van der Waals surface area contributed by atoms with E-state index in [1.54, 1.807) is 24.3 Å². The van der Waals surface area contributed by atoms with E-state index in [9.17, 15) is 27.9 Å². The SMILES string of the molecule is O=C1N[C@@H](c2ccc(-c3ccc(Br)cc3)o2)[C@H](C(=O)c2cccs2)[C@@](O)(C(F)(F)F)N1. The molecule has 3 heterocycles. The minimum Gasteiger partial charge on any atom is -0.459 e. The van der Waals surface area contributed by atoms with Crippen molar-refractivity contribution in [3.8, 4) is 11.3 Å². The monoisotopic (exact) mass is 514 g/mol. The van der Waals surface area contributed by atoms with Gasteiger partial charge in [-0.05, 0) is 35.7 Å². The van der Waals surface area contributed by atoms with Crippen molar-refractivity contribution in [2.24, 2.45) is 5.92 Å². The number of carbonyl (C=O) groups excluding carboxylic acids is 2. The second-order valence-corrected chi connectivity index (χ2v) is 8.73. The molecule has 162 valence electrons. The normalized spacial score (nSPS) is 23.8. The first-order chi connectivity index (χ1) is 14.6. The maximum absolute atomic E-state index is 13.9. The van der Waals surface area contributed by atoms with Crippen molar-refractivity contribution in [2.75, 3.05) is 0 Å². The number of aliphatic hydroxyl groups is 1. The van der Waals surface area contributed by atoms with Crippen molar-refractivity contribution in [1.82, 2.24) is 10.6 Å². The van der Waals surface area contributed by atoms with Gasteiger partial charge >= 0.3 is 12.2 Å². The average Bonchev–Trinajstić information content (AvgIpc) is 3.39. The van der Waals surface area contributed by atoms with Gasteiger partial charge in [0.25, 0.3) is 0 Å². The molecule has 2 aromatic heterocycles. The molecular formula is C20H14BrF3N2O4S. The molecule has 2 amide bonds. The molecule has 0 spiro atoms. The largest absolute Gasteiger partial charge is 0.459 e. The highest BCUT2D eigenvalue weighted by Gasteiger charge is 2.67. The maximum Gasteiger partial charge on any atom is 0.437 e. The van der Waals surface area contributed by atoms with Gasteiger partial charge in [0.15, 0.2) is 5.78 Å². The molecule has 6 nitrogen and oxygen atoms in total. The van der Waals surface area contributed by atoms with Crippen LogP contribution >= 0.6 is 27.3 Å². The van der Waals surface area contributed by atoms with Gasteiger partial charge in [-0.15, -0.1) is 11.3 Å². The number of furan rings is 1. The van der Waals surface area contributed by atoms with Crippen LogP contribution in [0, 0.1) is 5.92 Å². The first kappa shape index (κ1) is 21.6. The van der Waals surface area contributed by atoms with E-state index < -0.39 is 35.7 Å². The second kappa shape index (κ2) is 7.81. The number of ketones is 1. The highest BCUT2D eigenvalue weighted by atomic mass is 79.9. The van der Waals surface area contributed by atoms with Gasteiger partial charge in [-0.25, -0.2) is 4.79 Å². The predicted octanol–water partition coefficient (Wildman–Crippen LogP) is 4.87. The molecule has 1 aromatic carbocycles. The standard InChI is InChI=1S/C20H14BrF3N2O4S/c21-11-5-3-10(4-6-11)12-7-8-13(30-12)16-15(17(27)14-2-1-9-31-14)19(29,20(22,23)24)26-18(28)25-16/h1-9,15-16,29H,(H2,25,26,28)/t15-,16+,19-/m1/s1. The minimum atomic E-state index is -5.32. The number of urea groups is 1. The third-order valence-corrected chi connectivity index (χ3v) is 6.33. The number of alkyl halides is 3. The molecule has 1 aliphatic rings. The molecule has 0 aliphatic carbocycles. The van der Waals surface area contributed by atoms with Gasteiger partial charge in [0.2, 0.25) is 5.72 Å². The average molecular weight is 515 g/mol. The molecule has 3 N–H and O–H groups in total. The quantitative estimate of drug-likeness (QED) is 0.433. The van der Waals surface area contributed by atoms with Crippen LogP contribution in [0.5, 0.6) is 0 Å². The van der Waals surface area contributed by atoms with E-state index >= 15 is 0 Å². The Bertz CT molecular complexity index is 1110. The van der Waals surface area contributed by atoms with Crippen molar-refractivity contribution in [3.63, 3.8) is 0 Å². The number of hydrogen-bond donors (Lipinski definition) is 3.